The molecule has 0 heterocycles. The maximum absolute atomic E-state index is 12.9. The van der Waals surface area contributed by atoms with E-state index in [2.05, 4.69) is 60.6 Å². The average Bonchev–Trinajstić information content (AvgIpc) is 3.44. The van der Waals surface area contributed by atoms with Crippen molar-refractivity contribution in [2.24, 2.45) is 58.2 Å². The lowest BCUT2D eigenvalue weighted by Crippen LogP contribution is -2.54. The van der Waals surface area contributed by atoms with E-state index in [4.69, 9.17) is 4.74 Å². The van der Waals surface area contributed by atoms with Gasteiger partial charge in [-0.1, -0.05) is 125 Å². The summed E-state index contributed by atoms with van der Waals surface area (Å²) in [6.45, 7) is 17.6. The highest BCUT2D eigenvalue weighted by Gasteiger charge is 2.60. The fraction of sp³-hybridized carbons (Fsp3) is 0.936. The van der Waals surface area contributed by atoms with E-state index in [1.165, 1.54) is 141 Å². The fourth-order valence-electron chi connectivity index (χ4n) is 12.6. The molecule has 0 bridgehead atoms. The van der Waals surface area contributed by atoms with Crippen molar-refractivity contribution in [1.82, 2.24) is 0 Å². The Balaban J connectivity index is 1.11. The third-order valence-corrected chi connectivity index (χ3v) is 15.8. The first kappa shape index (κ1) is 41.0. The van der Waals surface area contributed by atoms with E-state index in [0.717, 1.165) is 66.6 Å². The maximum Gasteiger partial charge on any atom is 0.306 e. The predicted molar refractivity (Wildman–Crippen MR) is 212 cm³/mol. The Hall–Kier alpha value is -0.790. The van der Waals surface area contributed by atoms with E-state index in [0.29, 0.717) is 17.3 Å². The molecule has 4 rings (SSSR count). The Bertz CT molecular complexity index is 967. The molecule has 0 spiro atoms. The smallest absolute Gasteiger partial charge is 0.306 e. The molecule has 0 N–H and O–H groups in total. The minimum absolute atomic E-state index is 0.0816. The van der Waals surface area contributed by atoms with E-state index in [1.54, 1.807) is 0 Å². The summed E-state index contributed by atoms with van der Waals surface area (Å²) < 4.78 is 6.18. The number of hydrogen-bond donors (Lipinski definition) is 0. The van der Waals surface area contributed by atoms with Crippen LogP contribution in [0.3, 0.4) is 0 Å². The van der Waals surface area contributed by atoms with E-state index >= 15 is 0 Å². The minimum Gasteiger partial charge on any atom is -0.462 e. The van der Waals surface area contributed by atoms with Crippen LogP contribution in [-0.4, -0.2) is 12.1 Å². The molecule has 4 aliphatic carbocycles. The first-order valence-electron chi connectivity index (χ1n) is 22.5. The predicted octanol–water partition coefficient (Wildman–Crippen LogP) is 14.7. The van der Waals surface area contributed by atoms with E-state index in [1.807, 2.05) is 0 Å². The fourth-order valence-corrected chi connectivity index (χ4v) is 12.6. The van der Waals surface area contributed by atoms with Crippen molar-refractivity contribution in [3.63, 3.8) is 0 Å². The van der Waals surface area contributed by atoms with Crippen LogP contribution in [0.25, 0.3) is 0 Å². The maximum atomic E-state index is 12.9. The highest BCUT2D eigenvalue weighted by atomic mass is 16.5. The number of rotatable bonds is 22. The molecule has 0 aromatic carbocycles. The second kappa shape index (κ2) is 20.5. The first-order valence-corrected chi connectivity index (χ1v) is 22.5. The number of fused-ring (bicyclic) bond motifs is 5. The zero-order valence-corrected chi connectivity index (χ0v) is 34.1. The van der Waals surface area contributed by atoms with Gasteiger partial charge in [0, 0.05) is 6.42 Å². The van der Waals surface area contributed by atoms with Gasteiger partial charge in [-0.3, -0.25) is 4.79 Å². The normalized spacial score (nSPS) is 34.0. The van der Waals surface area contributed by atoms with Gasteiger partial charge in [0.1, 0.15) is 6.10 Å². The highest BCUT2D eigenvalue weighted by Crippen LogP contribution is 2.68. The van der Waals surface area contributed by atoms with Gasteiger partial charge in [-0.2, -0.15) is 0 Å². The van der Waals surface area contributed by atoms with Gasteiger partial charge >= 0.3 is 5.97 Å². The molecule has 2 nitrogen and oxygen atoms in total. The minimum atomic E-state index is 0.0816. The van der Waals surface area contributed by atoms with E-state index in [-0.39, 0.29) is 12.1 Å². The molecule has 2 heteroatoms. The van der Waals surface area contributed by atoms with Crippen LogP contribution in [0.5, 0.6) is 0 Å². The van der Waals surface area contributed by atoms with Gasteiger partial charge in [0.05, 0.1) is 0 Å². The summed E-state index contributed by atoms with van der Waals surface area (Å²) in [5.74, 6) is 7.17. The van der Waals surface area contributed by atoms with Crippen LogP contribution in [0.2, 0.25) is 0 Å². The molecule has 284 valence electrons. The summed E-state index contributed by atoms with van der Waals surface area (Å²) in [7, 11) is 0. The molecular formula is C47H84O2. The second-order valence-electron chi connectivity index (χ2n) is 19.1. The van der Waals surface area contributed by atoms with Crippen LogP contribution in [0, 0.1) is 58.2 Å². The second-order valence-corrected chi connectivity index (χ2v) is 19.1. The van der Waals surface area contributed by atoms with Crippen molar-refractivity contribution in [3.05, 3.63) is 12.2 Å². The van der Waals surface area contributed by atoms with Crippen molar-refractivity contribution < 1.29 is 9.53 Å². The number of carbonyl (C=O) groups is 1. The highest BCUT2D eigenvalue weighted by molar-refractivity contribution is 5.69. The summed E-state index contributed by atoms with van der Waals surface area (Å²) in [5.41, 5.74) is 1.03. The molecule has 0 saturated heterocycles. The van der Waals surface area contributed by atoms with Gasteiger partial charge in [0.2, 0.25) is 0 Å². The van der Waals surface area contributed by atoms with Gasteiger partial charge in [0.15, 0.2) is 0 Å². The van der Waals surface area contributed by atoms with Gasteiger partial charge in [-0.05, 0) is 154 Å². The third-order valence-electron chi connectivity index (χ3n) is 15.8. The molecular weight excluding hydrogens is 597 g/mol. The van der Waals surface area contributed by atoms with Crippen LogP contribution in [0.4, 0.5) is 0 Å². The van der Waals surface area contributed by atoms with Gasteiger partial charge in [0.25, 0.3) is 0 Å². The molecule has 0 aliphatic heterocycles. The Morgan fingerprint density at radius 2 is 1.35 bits per heavy atom. The first-order chi connectivity index (χ1) is 23.6. The molecule has 2 unspecified atom stereocenters. The van der Waals surface area contributed by atoms with Crippen LogP contribution >= 0.6 is 0 Å². The van der Waals surface area contributed by atoms with Crippen LogP contribution < -0.4 is 0 Å². The lowest BCUT2D eigenvalue weighted by atomic mass is 9.44. The standard InChI is InChI=1S/C47H84O2/c1-8-10-11-12-13-14-15-16-17-18-19-20-21-22-23-24-45(48)49-40-31-33-46(6)39(35-40)27-28-41-43-30-29-42(47(43,7)34-32-44(41)46)37(5)25-26-38(9-2)36(3)4/h16-17,36-44H,8-15,18-35H2,1-7H3/t37-,38-,39?,40?,41+,42-,43+,44+,46+,47-/m1/s1. The molecule has 49 heavy (non-hydrogen) atoms. The van der Waals surface area contributed by atoms with Crippen LogP contribution in [-0.2, 0) is 9.53 Å². The molecule has 10 atom stereocenters. The van der Waals surface area contributed by atoms with Gasteiger partial charge in [-0.15, -0.1) is 0 Å². The summed E-state index contributed by atoms with van der Waals surface area (Å²) in [6, 6.07) is 0. The zero-order chi connectivity index (χ0) is 35.3. The monoisotopic (exact) mass is 681 g/mol. The molecule has 4 aliphatic rings. The lowest BCUT2D eigenvalue weighted by Gasteiger charge is -2.61. The topological polar surface area (TPSA) is 26.3 Å². The van der Waals surface area contributed by atoms with E-state index < -0.39 is 0 Å². The number of allylic oxidation sites excluding steroid dienone is 2. The van der Waals surface area contributed by atoms with Gasteiger partial charge in [-0.25, -0.2) is 0 Å². The van der Waals surface area contributed by atoms with Crippen molar-refractivity contribution >= 4 is 5.97 Å². The average molecular weight is 681 g/mol. The largest absolute Gasteiger partial charge is 0.462 e. The Morgan fingerprint density at radius 1 is 0.714 bits per heavy atom. The molecule has 0 aromatic heterocycles. The van der Waals surface area contributed by atoms with Crippen molar-refractivity contribution in [2.45, 2.75) is 222 Å². The van der Waals surface area contributed by atoms with Gasteiger partial charge < -0.3 is 4.74 Å². The lowest BCUT2D eigenvalue weighted by molar-refractivity contribution is -0.162. The number of ether oxygens (including phenoxy) is 1. The molecule has 4 saturated carbocycles. The number of carbonyl (C=O) groups excluding carboxylic acids is 1. The Kier molecular flexibility index (Phi) is 17.1. The quantitative estimate of drug-likeness (QED) is 0.0646. The van der Waals surface area contributed by atoms with E-state index in [9.17, 15) is 4.79 Å². The van der Waals surface area contributed by atoms with Crippen molar-refractivity contribution in [2.75, 3.05) is 0 Å². The number of unbranched alkanes of at least 4 members (excludes halogenated alkanes) is 11. The summed E-state index contributed by atoms with van der Waals surface area (Å²) in [6.07, 6.45) is 38.8. The summed E-state index contributed by atoms with van der Waals surface area (Å²) >= 11 is 0. The molecule has 0 amide bonds. The Labute approximate surface area is 306 Å². The number of hydrogen-bond acceptors (Lipinski definition) is 2. The van der Waals surface area contributed by atoms with Crippen LogP contribution in [0.1, 0.15) is 215 Å². The number of esters is 1. The molecule has 0 radical (unpaired) electrons. The molecule has 0 aromatic rings. The van der Waals surface area contributed by atoms with Crippen LogP contribution in [0.15, 0.2) is 12.2 Å². The SMILES string of the molecule is CCCCCCCCC=CCCCCCCCC(=O)OC1CC[C@@]2(C)C(CC[C@H]3[C@@H]4CC[C@H]([C@H](C)CC[C@@H](CC)C(C)C)[C@@]4(C)CC[C@@H]32)C1. The Morgan fingerprint density at radius 3 is 2.02 bits per heavy atom. The zero-order valence-electron chi connectivity index (χ0n) is 34.1. The summed E-state index contributed by atoms with van der Waals surface area (Å²) in [5, 5.41) is 0. The van der Waals surface area contributed by atoms with Crippen molar-refractivity contribution in [3.8, 4) is 0 Å². The van der Waals surface area contributed by atoms with Crippen molar-refractivity contribution in [1.29, 1.82) is 0 Å². The molecule has 4 fully saturated rings. The third kappa shape index (κ3) is 11.1. The summed E-state index contributed by atoms with van der Waals surface area (Å²) in [4.78, 5) is 12.9.